The SMILES string of the molecule is CCOCCOC(C)C(=O)Nc1ccc(NS(=O)(=O)c2ccc3c(c2)OCCO3)cc1. The molecule has 1 aliphatic rings. The van der Waals surface area contributed by atoms with E-state index >= 15 is 0 Å². The minimum Gasteiger partial charge on any atom is -0.486 e. The molecule has 3 rings (SSSR count). The van der Waals surface area contributed by atoms with Gasteiger partial charge in [0.05, 0.1) is 18.1 Å². The molecule has 0 fully saturated rings. The predicted octanol–water partition coefficient (Wildman–Crippen LogP) is 2.64. The standard InChI is InChI=1S/C21H26N2O7S/c1-3-27-10-11-28-15(2)21(24)22-16-4-6-17(7-5-16)23-31(25,26)18-8-9-19-20(14-18)30-13-12-29-19/h4-9,14-15,23H,3,10-13H2,1-2H3,(H,22,24). The Morgan fingerprint density at radius 1 is 1.03 bits per heavy atom. The highest BCUT2D eigenvalue weighted by molar-refractivity contribution is 7.92. The van der Waals surface area contributed by atoms with E-state index in [2.05, 4.69) is 10.0 Å². The third kappa shape index (κ3) is 6.33. The van der Waals surface area contributed by atoms with Crippen LogP contribution in [0.2, 0.25) is 0 Å². The van der Waals surface area contributed by atoms with Gasteiger partial charge >= 0.3 is 0 Å². The first-order valence-electron chi connectivity index (χ1n) is 9.92. The number of hydrogen-bond acceptors (Lipinski definition) is 7. The Morgan fingerprint density at radius 2 is 1.71 bits per heavy atom. The van der Waals surface area contributed by atoms with Crippen molar-refractivity contribution in [2.24, 2.45) is 0 Å². The van der Waals surface area contributed by atoms with Crippen molar-refractivity contribution in [3.63, 3.8) is 0 Å². The van der Waals surface area contributed by atoms with Crippen molar-refractivity contribution < 1.29 is 32.2 Å². The Morgan fingerprint density at radius 3 is 2.42 bits per heavy atom. The van der Waals surface area contributed by atoms with Gasteiger partial charge in [0, 0.05) is 24.0 Å². The number of carbonyl (C=O) groups excluding carboxylic acids is 1. The van der Waals surface area contributed by atoms with E-state index in [-0.39, 0.29) is 10.8 Å². The molecule has 0 spiro atoms. The maximum Gasteiger partial charge on any atom is 0.262 e. The first-order chi connectivity index (χ1) is 14.9. The lowest BCUT2D eigenvalue weighted by Gasteiger charge is -2.19. The number of amides is 1. The van der Waals surface area contributed by atoms with Crippen molar-refractivity contribution in [2.75, 3.05) is 43.1 Å². The van der Waals surface area contributed by atoms with E-state index < -0.39 is 16.1 Å². The fraction of sp³-hybridized carbons (Fsp3) is 0.381. The zero-order valence-corrected chi connectivity index (χ0v) is 18.2. The van der Waals surface area contributed by atoms with E-state index in [0.29, 0.717) is 55.9 Å². The molecule has 1 amide bonds. The molecule has 0 aromatic heterocycles. The summed E-state index contributed by atoms with van der Waals surface area (Å²) in [5, 5.41) is 2.73. The van der Waals surface area contributed by atoms with E-state index in [1.807, 2.05) is 6.92 Å². The van der Waals surface area contributed by atoms with Crippen LogP contribution < -0.4 is 19.5 Å². The molecule has 168 valence electrons. The molecule has 1 heterocycles. The summed E-state index contributed by atoms with van der Waals surface area (Å²) < 4.78 is 49.3. The molecule has 0 bridgehead atoms. The second-order valence-corrected chi connectivity index (χ2v) is 8.37. The molecule has 31 heavy (non-hydrogen) atoms. The normalized spacial score (nSPS) is 14.0. The van der Waals surface area contributed by atoms with Crippen molar-refractivity contribution in [1.82, 2.24) is 0 Å². The summed E-state index contributed by atoms with van der Waals surface area (Å²) >= 11 is 0. The molecule has 2 N–H and O–H groups in total. The summed E-state index contributed by atoms with van der Waals surface area (Å²) in [6.45, 7) is 5.67. The molecule has 1 atom stereocenters. The quantitative estimate of drug-likeness (QED) is 0.535. The molecule has 2 aromatic carbocycles. The van der Waals surface area contributed by atoms with Crippen LogP contribution in [0.1, 0.15) is 13.8 Å². The van der Waals surface area contributed by atoms with Gasteiger partial charge in [0.15, 0.2) is 11.5 Å². The van der Waals surface area contributed by atoms with E-state index in [0.717, 1.165) is 0 Å². The van der Waals surface area contributed by atoms with E-state index in [9.17, 15) is 13.2 Å². The number of ether oxygens (including phenoxy) is 4. The number of hydrogen-bond donors (Lipinski definition) is 2. The second kappa shape index (κ2) is 10.5. The lowest BCUT2D eigenvalue weighted by molar-refractivity contribution is -0.127. The van der Waals surface area contributed by atoms with Crippen LogP contribution in [0, 0.1) is 0 Å². The first-order valence-corrected chi connectivity index (χ1v) is 11.4. The average Bonchev–Trinajstić information content (AvgIpc) is 2.77. The molecule has 9 nitrogen and oxygen atoms in total. The van der Waals surface area contributed by atoms with Crippen molar-refractivity contribution in [1.29, 1.82) is 0 Å². The molecule has 1 aliphatic heterocycles. The zero-order chi connectivity index (χ0) is 22.3. The topological polar surface area (TPSA) is 112 Å². The van der Waals surface area contributed by atoms with Gasteiger partial charge in [-0.15, -0.1) is 0 Å². The van der Waals surface area contributed by atoms with Gasteiger partial charge < -0.3 is 24.3 Å². The second-order valence-electron chi connectivity index (χ2n) is 6.69. The Hall–Kier alpha value is -2.82. The number of rotatable bonds is 10. The number of anilines is 2. The maximum absolute atomic E-state index is 12.7. The highest BCUT2D eigenvalue weighted by atomic mass is 32.2. The Bertz CT molecular complexity index is 993. The summed E-state index contributed by atoms with van der Waals surface area (Å²) in [5.74, 6) is 0.604. The van der Waals surface area contributed by atoms with Crippen molar-refractivity contribution >= 4 is 27.3 Å². The van der Waals surface area contributed by atoms with Crippen LogP contribution in [0.15, 0.2) is 47.4 Å². The van der Waals surface area contributed by atoms with Gasteiger partial charge in [-0.1, -0.05) is 0 Å². The minimum absolute atomic E-state index is 0.0622. The molecule has 10 heteroatoms. The van der Waals surface area contributed by atoms with Crippen LogP contribution in [0.25, 0.3) is 0 Å². The number of benzene rings is 2. The lowest BCUT2D eigenvalue weighted by atomic mass is 10.2. The highest BCUT2D eigenvalue weighted by Crippen LogP contribution is 2.32. The van der Waals surface area contributed by atoms with Crippen molar-refractivity contribution in [3.8, 4) is 11.5 Å². The number of fused-ring (bicyclic) bond motifs is 1. The minimum atomic E-state index is -3.82. The molecular weight excluding hydrogens is 424 g/mol. The smallest absolute Gasteiger partial charge is 0.262 e. The molecule has 0 aliphatic carbocycles. The van der Waals surface area contributed by atoms with Gasteiger partial charge in [0.25, 0.3) is 15.9 Å². The van der Waals surface area contributed by atoms with Gasteiger partial charge in [-0.3, -0.25) is 9.52 Å². The number of nitrogens with one attached hydrogen (secondary N) is 2. The van der Waals surface area contributed by atoms with Crippen molar-refractivity contribution in [3.05, 3.63) is 42.5 Å². The fourth-order valence-corrected chi connectivity index (χ4v) is 3.85. The van der Waals surface area contributed by atoms with Crippen LogP contribution in [0.5, 0.6) is 11.5 Å². The monoisotopic (exact) mass is 450 g/mol. The van der Waals surface area contributed by atoms with Gasteiger partial charge in [-0.2, -0.15) is 0 Å². The first kappa shape index (κ1) is 22.9. The molecule has 2 aromatic rings. The Kier molecular flexibility index (Phi) is 7.72. The van der Waals surface area contributed by atoms with Gasteiger partial charge in [0.2, 0.25) is 0 Å². The Balaban J connectivity index is 1.58. The lowest BCUT2D eigenvalue weighted by Crippen LogP contribution is -2.28. The third-order valence-corrected chi connectivity index (χ3v) is 5.78. The summed E-state index contributed by atoms with van der Waals surface area (Å²) in [4.78, 5) is 12.2. The average molecular weight is 451 g/mol. The molecule has 1 unspecified atom stereocenters. The van der Waals surface area contributed by atoms with Crippen molar-refractivity contribution in [2.45, 2.75) is 24.8 Å². The third-order valence-electron chi connectivity index (χ3n) is 4.40. The summed E-state index contributed by atoms with van der Waals surface area (Å²) in [6.07, 6.45) is -0.645. The van der Waals surface area contributed by atoms with Crippen LogP contribution in [0.3, 0.4) is 0 Å². The fourth-order valence-electron chi connectivity index (χ4n) is 2.77. The predicted molar refractivity (Wildman–Crippen MR) is 115 cm³/mol. The molecular formula is C21H26N2O7S. The van der Waals surface area contributed by atoms with E-state index in [1.165, 1.54) is 12.1 Å². The van der Waals surface area contributed by atoms with E-state index in [1.54, 1.807) is 37.3 Å². The van der Waals surface area contributed by atoms with Crippen LogP contribution >= 0.6 is 0 Å². The largest absolute Gasteiger partial charge is 0.486 e. The van der Waals surface area contributed by atoms with Crippen LogP contribution in [0.4, 0.5) is 11.4 Å². The summed E-state index contributed by atoms with van der Waals surface area (Å²) in [7, 11) is -3.82. The van der Waals surface area contributed by atoms with Gasteiger partial charge in [-0.25, -0.2) is 8.42 Å². The van der Waals surface area contributed by atoms with E-state index in [4.69, 9.17) is 18.9 Å². The highest BCUT2D eigenvalue weighted by Gasteiger charge is 2.20. The number of sulfonamides is 1. The zero-order valence-electron chi connectivity index (χ0n) is 17.4. The Labute approximate surface area is 181 Å². The van der Waals surface area contributed by atoms with Crippen LogP contribution in [-0.4, -0.2) is 53.5 Å². The van der Waals surface area contributed by atoms with Gasteiger partial charge in [0.1, 0.15) is 19.3 Å². The summed E-state index contributed by atoms with van der Waals surface area (Å²) in [5.41, 5.74) is 0.876. The maximum atomic E-state index is 12.7. The molecule has 0 radical (unpaired) electrons. The molecule has 0 saturated heterocycles. The number of carbonyl (C=O) groups is 1. The van der Waals surface area contributed by atoms with Crippen LogP contribution in [-0.2, 0) is 24.3 Å². The summed E-state index contributed by atoms with van der Waals surface area (Å²) in [6, 6.07) is 10.8. The molecule has 0 saturated carbocycles. The van der Waals surface area contributed by atoms with Gasteiger partial charge in [-0.05, 0) is 50.2 Å².